The number of amides is 1. The van der Waals surface area contributed by atoms with Gasteiger partial charge in [0.2, 0.25) is 0 Å². The second-order valence-electron chi connectivity index (χ2n) is 5.04. The van der Waals surface area contributed by atoms with Crippen molar-refractivity contribution in [3.63, 3.8) is 0 Å². The minimum absolute atomic E-state index is 0.153. The minimum atomic E-state index is -0.153. The summed E-state index contributed by atoms with van der Waals surface area (Å²) in [6, 6.07) is 5.10. The highest BCUT2D eigenvalue weighted by Gasteiger charge is 2.09. The van der Waals surface area contributed by atoms with Gasteiger partial charge in [-0.2, -0.15) is 5.10 Å². The molecule has 1 aromatic heterocycles. The van der Waals surface area contributed by atoms with Gasteiger partial charge in [-0.1, -0.05) is 0 Å². The summed E-state index contributed by atoms with van der Waals surface area (Å²) in [5, 5.41) is 7.24. The van der Waals surface area contributed by atoms with Crippen LogP contribution in [0.25, 0.3) is 0 Å². The molecule has 1 N–H and O–H groups in total. The van der Waals surface area contributed by atoms with Crippen molar-refractivity contribution in [2.45, 2.75) is 19.9 Å². The maximum Gasteiger partial charge on any atom is 0.251 e. The lowest BCUT2D eigenvalue weighted by Gasteiger charge is -2.09. The summed E-state index contributed by atoms with van der Waals surface area (Å²) in [4.78, 5) is 12.2. The first-order chi connectivity index (χ1) is 11.0. The Morgan fingerprint density at radius 2 is 1.91 bits per heavy atom. The fourth-order valence-electron chi connectivity index (χ4n) is 2.09. The molecule has 1 aromatic carbocycles. The second kappa shape index (κ2) is 8.01. The van der Waals surface area contributed by atoms with Gasteiger partial charge in [-0.25, -0.2) is 0 Å². The van der Waals surface area contributed by atoms with Crippen LogP contribution in [0, 0.1) is 6.92 Å². The van der Waals surface area contributed by atoms with E-state index in [0.29, 0.717) is 23.6 Å². The number of nitrogens with one attached hydrogen (secondary N) is 1. The molecule has 0 fully saturated rings. The summed E-state index contributed by atoms with van der Waals surface area (Å²) in [6.07, 6.45) is 2.73. The lowest BCUT2D eigenvalue weighted by molar-refractivity contribution is 0.0952. The zero-order chi connectivity index (χ0) is 16.8. The van der Waals surface area contributed by atoms with Gasteiger partial charge in [0.1, 0.15) is 11.5 Å². The van der Waals surface area contributed by atoms with E-state index < -0.39 is 0 Å². The highest BCUT2D eigenvalue weighted by molar-refractivity contribution is 9.10. The van der Waals surface area contributed by atoms with Gasteiger partial charge in [0.25, 0.3) is 5.91 Å². The Hall–Kier alpha value is -2.02. The van der Waals surface area contributed by atoms with Crippen LogP contribution >= 0.6 is 15.9 Å². The monoisotopic (exact) mass is 381 g/mol. The molecule has 1 heterocycles. The Morgan fingerprint density at radius 3 is 2.43 bits per heavy atom. The van der Waals surface area contributed by atoms with Crippen molar-refractivity contribution in [1.29, 1.82) is 0 Å². The van der Waals surface area contributed by atoms with Gasteiger partial charge in [-0.3, -0.25) is 9.48 Å². The molecular formula is C16H20BrN3O3. The molecule has 7 heteroatoms. The average Bonchev–Trinajstić information content (AvgIpc) is 2.88. The number of ether oxygens (including phenoxy) is 2. The number of nitrogens with zero attached hydrogens (tertiary/aromatic N) is 2. The Balaban J connectivity index is 1.87. The Morgan fingerprint density at radius 1 is 1.26 bits per heavy atom. The molecule has 0 spiro atoms. The van der Waals surface area contributed by atoms with E-state index in [1.165, 1.54) is 0 Å². The number of carbonyl (C=O) groups is 1. The lowest BCUT2D eigenvalue weighted by Crippen LogP contribution is -2.25. The minimum Gasteiger partial charge on any atom is -0.497 e. The molecule has 0 saturated heterocycles. The van der Waals surface area contributed by atoms with Crippen molar-refractivity contribution in [2.24, 2.45) is 0 Å². The molecule has 0 saturated carbocycles. The number of hydrogen-bond donors (Lipinski definition) is 1. The number of aryl methyl sites for hydroxylation is 2. The van der Waals surface area contributed by atoms with Crippen LogP contribution in [0.5, 0.6) is 11.5 Å². The molecule has 2 rings (SSSR count). The van der Waals surface area contributed by atoms with Crippen LogP contribution in [0.3, 0.4) is 0 Å². The maximum atomic E-state index is 12.2. The van der Waals surface area contributed by atoms with Gasteiger partial charge in [0.05, 0.1) is 24.4 Å². The number of aromatic nitrogens is 2. The normalized spacial score (nSPS) is 10.4. The van der Waals surface area contributed by atoms with Crippen molar-refractivity contribution in [2.75, 3.05) is 20.8 Å². The van der Waals surface area contributed by atoms with Gasteiger partial charge in [-0.15, -0.1) is 0 Å². The van der Waals surface area contributed by atoms with E-state index in [2.05, 4.69) is 26.3 Å². The SMILES string of the molecule is COc1cc(OC)cc(C(=O)NCCCn2cc(Br)c(C)n2)c1. The standard InChI is InChI=1S/C16H20BrN3O3/c1-11-15(17)10-20(19-11)6-4-5-18-16(21)12-7-13(22-2)9-14(8-12)23-3/h7-10H,4-6H2,1-3H3,(H,18,21). The first-order valence-corrected chi connectivity index (χ1v) is 8.03. The van der Waals surface area contributed by atoms with Crippen LogP contribution in [0.1, 0.15) is 22.5 Å². The molecule has 1 amide bonds. The van der Waals surface area contributed by atoms with Crippen molar-refractivity contribution in [3.05, 3.63) is 40.1 Å². The summed E-state index contributed by atoms with van der Waals surface area (Å²) in [6.45, 7) is 3.25. The van der Waals surface area contributed by atoms with E-state index in [1.807, 2.05) is 17.8 Å². The summed E-state index contributed by atoms with van der Waals surface area (Å²) >= 11 is 3.43. The zero-order valence-electron chi connectivity index (χ0n) is 13.4. The van der Waals surface area contributed by atoms with Gasteiger partial charge in [0, 0.05) is 30.9 Å². The summed E-state index contributed by atoms with van der Waals surface area (Å²) in [5.74, 6) is 1.03. The molecule has 0 unspecified atom stereocenters. The number of hydrogen-bond acceptors (Lipinski definition) is 4. The molecule has 0 aliphatic carbocycles. The van der Waals surface area contributed by atoms with Crippen molar-refractivity contribution >= 4 is 21.8 Å². The topological polar surface area (TPSA) is 65.4 Å². The molecule has 0 atom stereocenters. The molecule has 2 aromatic rings. The average molecular weight is 382 g/mol. The van der Waals surface area contributed by atoms with E-state index in [9.17, 15) is 4.79 Å². The number of methoxy groups -OCH3 is 2. The molecule has 0 aliphatic rings. The van der Waals surface area contributed by atoms with E-state index in [4.69, 9.17) is 9.47 Å². The van der Waals surface area contributed by atoms with Gasteiger partial charge >= 0.3 is 0 Å². The van der Waals surface area contributed by atoms with E-state index in [1.54, 1.807) is 32.4 Å². The number of benzene rings is 1. The molecule has 124 valence electrons. The number of halogens is 1. The van der Waals surface area contributed by atoms with Crippen molar-refractivity contribution < 1.29 is 14.3 Å². The second-order valence-corrected chi connectivity index (χ2v) is 5.89. The van der Waals surface area contributed by atoms with E-state index in [-0.39, 0.29) is 5.91 Å². The fourth-order valence-corrected chi connectivity index (χ4v) is 2.41. The van der Waals surface area contributed by atoms with E-state index >= 15 is 0 Å². The van der Waals surface area contributed by atoms with Crippen LogP contribution in [0.2, 0.25) is 0 Å². The number of rotatable bonds is 7. The quantitative estimate of drug-likeness (QED) is 0.748. The molecular weight excluding hydrogens is 362 g/mol. The summed E-state index contributed by atoms with van der Waals surface area (Å²) in [7, 11) is 3.11. The van der Waals surface area contributed by atoms with Crippen molar-refractivity contribution in [3.8, 4) is 11.5 Å². The fraction of sp³-hybridized carbons (Fsp3) is 0.375. The lowest BCUT2D eigenvalue weighted by atomic mass is 10.2. The molecule has 0 bridgehead atoms. The smallest absolute Gasteiger partial charge is 0.251 e. The van der Waals surface area contributed by atoms with Crippen molar-refractivity contribution in [1.82, 2.24) is 15.1 Å². The third-order valence-corrected chi connectivity index (χ3v) is 4.13. The Kier molecular flexibility index (Phi) is 6.04. The van der Waals surface area contributed by atoms with Gasteiger partial charge < -0.3 is 14.8 Å². The van der Waals surface area contributed by atoms with Crippen LogP contribution in [-0.2, 0) is 6.54 Å². The van der Waals surface area contributed by atoms with Crippen LogP contribution < -0.4 is 14.8 Å². The van der Waals surface area contributed by atoms with Crippen LogP contribution in [0.4, 0.5) is 0 Å². The number of carbonyl (C=O) groups excluding carboxylic acids is 1. The highest BCUT2D eigenvalue weighted by Crippen LogP contribution is 2.22. The zero-order valence-corrected chi connectivity index (χ0v) is 15.0. The first-order valence-electron chi connectivity index (χ1n) is 7.24. The van der Waals surface area contributed by atoms with E-state index in [0.717, 1.165) is 23.1 Å². The molecule has 23 heavy (non-hydrogen) atoms. The summed E-state index contributed by atoms with van der Waals surface area (Å²) < 4.78 is 13.2. The maximum absolute atomic E-state index is 12.2. The third kappa shape index (κ3) is 4.72. The first kappa shape index (κ1) is 17.3. The molecule has 0 aliphatic heterocycles. The van der Waals surface area contributed by atoms with Crippen LogP contribution in [-0.4, -0.2) is 36.5 Å². The van der Waals surface area contributed by atoms with Crippen LogP contribution in [0.15, 0.2) is 28.9 Å². The highest BCUT2D eigenvalue weighted by atomic mass is 79.9. The summed E-state index contributed by atoms with van der Waals surface area (Å²) in [5.41, 5.74) is 1.47. The Labute approximate surface area is 143 Å². The van der Waals surface area contributed by atoms with Gasteiger partial charge in [0.15, 0.2) is 0 Å². The van der Waals surface area contributed by atoms with Gasteiger partial charge in [-0.05, 0) is 41.4 Å². The molecule has 6 nitrogen and oxygen atoms in total. The third-order valence-electron chi connectivity index (χ3n) is 3.35. The predicted octanol–water partition coefficient (Wildman–Crippen LogP) is 2.79. The predicted molar refractivity (Wildman–Crippen MR) is 91.2 cm³/mol. The Bertz CT molecular complexity index is 643. The largest absolute Gasteiger partial charge is 0.497 e. The molecule has 0 radical (unpaired) electrons.